The third-order valence-electron chi connectivity index (χ3n) is 5.95. The van der Waals surface area contributed by atoms with Gasteiger partial charge in [-0.1, -0.05) is 79.2 Å². The van der Waals surface area contributed by atoms with Gasteiger partial charge in [-0.25, -0.2) is 4.98 Å². The third kappa shape index (κ3) is 5.14. The van der Waals surface area contributed by atoms with E-state index in [0.717, 1.165) is 34.9 Å². The first-order chi connectivity index (χ1) is 14.7. The number of hydrogen-bond acceptors (Lipinski definition) is 3. The summed E-state index contributed by atoms with van der Waals surface area (Å²) in [6, 6.07) is 18.8. The van der Waals surface area contributed by atoms with Crippen LogP contribution in [0.15, 0.2) is 72.1 Å². The number of thioether (sulfide) groups is 1. The Bertz CT molecular complexity index is 946. The summed E-state index contributed by atoms with van der Waals surface area (Å²) in [5.74, 6) is 1.40. The molecule has 1 aromatic heterocycles. The second-order valence-corrected chi connectivity index (χ2v) is 9.02. The molecule has 2 aromatic carbocycles. The Balaban J connectivity index is 1.43. The summed E-state index contributed by atoms with van der Waals surface area (Å²) in [4.78, 5) is 17.6. The highest BCUT2D eigenvalue weighted by Crippen LogP contribution is 2.38. The molecule has 1 fully saturated rings. The van der Waals surface area contributed by atoms with Crippen molar-refractivity contribution in [2.75, 3.05) is 0 Å². The first kappa shape index (κ1) is 20.7. The van der Waals surface area contributed by atoms with Crippen molar-refractivity contribution in [3.8, 4) is 0 Å². The van der Waals surface area contributed by atoms with Crippen molar-refractivity contribution in [3.05, 3.63) is 83.7 Å². The van der Waals surface area contributed by atoms with Crippen molar-refractivity contribution in [2.24, 2.45) is 13.0 Å². The summed E-state index contributed by atoms with van der Waals surface area (Å²) in [6.45, 7) is 0.585. The molecule has 4 rings (SSSR count). The SMILES string of the molecule is Cn1ccnc1SCc1ccc(C(C(=O)NCc2ccccc2)C2CCCC2)cc1. The first-order valence-electron chi connectivity index (χ1n) is 10.7. The fraction of sp³-hybridized carbons (Fsp3) is 0.360. The van der Waals surface area contributed by atoms with Crippen molar-refractivity contribution < 1.29 is 4.79 Å². The Kier molecular flexibility index (Phi) is 6.90. The Morgan fingerprint density at radius 2 is 1.83 bits per heavy atom. The smallest absolute Gasteiger partial charge is 0.228 e. The van der Waals surface area contributed by atoms with Crippen LogP contribution >= 0.6 is 11.8 Å². The second kappa shape index (κ2) is 9.98. The minimum Gasteiger partial charge on any atom is -0.351 e. The quantitative estimate of drug-likeness (QED) is 0.504. The van der Waals surface area contributed by atoms with E-state index in [9.17, 15) is 4.79 Å². The zero-order chi connectivity index (χ0) is 20.8. The van der Waals surface area contributed by atoms with Crippen LogP contribution in [0.25, 0.3) is 0 Å². The van der Waals surface area contributed by atoms with E-state index in [2.05, 4.69) is 46.7 Å². The molecule has 1 unspecified atom stereocenters. The van der Waals surface area contributed by atoms with Gasteiger partial charge in [0.15, 0.2) is 5.16 Å². The maximum absolute atomic E-state index is 13.2. The molecule has 156 valence electrons. The van der Waals surface area contributed by atoms with Crippen molar-refractivity contribution in [3.63, 3.8) is 0 Å². The first-order valence-corrected chi connectivity index (χ1v) is 11.7. The molecule has 1 atom stereocenters. The molecule has 4 nitrogen and oxygen atoms in total. The lowest BCUT2D eigenvalue weighted by molar-refractivity contribution is -0.123. The molecular formula is C25H29N3OS. The van der Waals surface area contributed by atoms with Gasteiger partial charge in [0.05, 0.1) is 5.92 Å². The Hall–Kier alpha value is -2.53. The van der Waals surface area contributed by atoms with Gasteiger partial charge in [0.2, 0.25) is 5.91 Å². The molecule has 3 aromatic rings. The average Bonchev–Trinajstić information content (AvgIpc) is 3.45. The molecule has 0 bridgehead atoms. The number of carbonyl (C=O) groups excluding carboxylic acids is 1. The molecule has 0 saturated heterocycles. The average molecular weight is 420 g/mol. The summed E-state index contributed by atoms with van der Waals surface area (Å²) in [6.07, 6.45) is 8.52. The molecule has 1 amide bonds. The summed E-state index contributed by atoms with van der Waals surface area (Å²) < 4.78 is 2.03. The van der Waals surface area contributed by atoms with Gasteiger partial charge in [-0.2, -0.15) is 0 Å². The number of aryl methyl sites for hydroxylation is 1. The highest BCUT2D eigenvalue weighted by molar-refractivity contribution is 7.98. The van der Waals surface area contributed by atoms with Crippen LogP contribution in [0.1, 0.15) is 48.3 Å². The fourth-order valence-corrected chi connectivity index (χ4v) is 5.17. The second-order valence-electron chi connectivity index (χ2n) is 8.08. The molecule has 1 saturated carbocycles. The van der Waals surface area contributed by atoms with E-state index >= 15 is 0 Å². The van der Waals surface area contributed by atoms with Gasteiger partial charge in [-0.05, 0) is 35.4 Å². The van der Waals surface area contributed by atoms with Crippen LogP contribution in [0.4, 0.5) is 0 Å². The Morgan fingerprint density at radius 1 is 1.10 bits per heavy atom. The molecule has 0 spiro atoms. The number of hydrogen-bond donors (Lipinski definition) is 1. The number of imidazole rings is 1. The molecule has 0 radical (unpaired) electrons. The van der Waals surface area contributed by atoms with Crippen molar-refractivity contribution in [1.29, 1.82) is 0 Å². The van der Waals surface area contributed by atoms with E-state index in [1.807, 2.05) is 42.2 Å². The van der Waals surface area contributed by atoms with E-state index in [-0.39, 0.29) is 11.8 Å². The number of carbonyl (C=O) groups is 1. The molecule has 1 aliphatic rings. The zero-order valence-corrected chi connectivity index (χ0v) is 18.3. The number of benzene rings is 2. The van der Waals surface area contributed by atoms with Crippen LogP contribution in [0.5, 0.6) is 0 Å². The van der Waals surface area contributed by atoms with Gasteiger partial charge in [0.1, 0.15) is 0 Å². The monoisotopic (exact) mass is 419 g/mol. The van der Waals surface area contributed by atoms with Crippen LogP contribution in [-0.2, 0) is 24.1 Å². The summed E-state index contributed by atoms with van der Waals surface area (Å²) in [7, 11) is 2.01. The van der Waals surface area contributed by atoms with Crippen LogP contribution in [0.2, 0.25) is 0 Å². The number of nitrogens with zero attached hydrogens (tertiary/aromatic N) is 2. The maximum atomic E-state index is 13.2. The lowest BCUT2D eigenvalue weighted by Crippen LogP contribution is -2.32. The minimum absolute atomic E-state index is 0.0625. The van der Waals surface area contributed by atoms with Crippen molar-refractivity contribution >= 4 is 17.7 Å². The van der Waals surface area contributed by atoms with E-state index < -0.39 is 0 Å². The molecular weight excluding hydrogens is 390 g/mol. The predicted octanol–water partition coefficient (Wildman–Crippen LogP) is 5.30. The topological polar surface area (TPSA) is 46.9 Å². The van der Waals surface area contributed by atoms with Crippen LogP contribution in [-0.4, -0.2) is 15.5 Å². The van der Waals surface area contributed by atoms with Gasteiger partial charge in [-0.3, -0.25) is 4.79 Å². The van der Waals surface area contributed by atoms with Crippen LogP contribution < -0.4 is 5.32 Å². The highest BCUT2D eigenvalue weighted by atomic mass is 32.2. The fourth-order valence-electron chi connectivity index (χ4n) is 4.28. The van der Waals surface area contributed by atoms with E-state index in [1.54, 1.807) is 11.8 Å². The minimum atomic E-state index is -0.0625. The van der Waals surface area contributed by atoms with E-state index in [0.29, 0.717) is 12.5 Å². The summed E-state index contributed by atoms with van der Waals surface area (Å²) in [5.41, 5.74) is 3.53. The lowest BCUT2D eigenvalue weighted by atomic mass is 9.84. The molecule has 5 heteroatoms. The Morgan fingerprint density at radius 3 is 2.50 bits per heavy atom. The molecule has 1 N–H and O–H groups in total. The van der Waals surface area contributed by atoms with Crippen LogP contribution in [0.3, 0.4) is 0 Å². The number of aromatic nitrogens is 2. The van der Waals surface area contributed by atoms with E-state index in [1.165, 1.54) is 18.4 Å². The number of nitrogens with one attached hydrogen (secondary N) is 1. The standard InChI is InChI=1S/C25H29N3OS/c1-28-16-15-26-25(28)30-18-20-11-13-22(14-12-20)23(21-9-5-6-10-21)24(29)27-17-19-7-3-2-4-8-19/h2-4,7-8,11-16,21,23H,5-6,9-10,17-18H2,1H3,(H,27,29). The van der Waals surface area contributed by atoms with Crippen molar-refractivity contribution in [1.82, 2.24) is 14.9 Å². The molecule has 1 aliphatic carbocycles. The molecule has 0 aliphatic heterocycles. The lowest BCUT2D eigenvalue weighted by Gasteiger charge is -2.23. The molecule has 1 heterocycles. The highest BCUT2D eigenvalue weighted by Gasteiger charge is 2.31. The summed E-state index contributed by atoms with van der Waals surface area (Å²) >= 11 is 1.73. The Labute approximate surface area is 183 Å². The number of rotatable bonds is 8. The maximum Gasteiger partial charge on any atom is 0.228 e. The largest absolute Gasteiger partial charge is 0.351 e. The normalized spacial score (nSPS) is 15.2. The van der Waals surface area contributed by atoms with Crippen molar-refractivity contribution in [2.45, 2.75) is 49.1 Å². The van der Waals surface area contributed by atoms with Gasteiger partial charge in [0.25, 0.3) is 0 Å². The predicted molar refractivity (Wildman–Crippen MR) is 122 cm³/mol. The van der Waals surface area contributed by atoms with Gasteiger partial charge < -0.3 is 9.88 Å². The molecule has 30 heavy (non-hydrogen) atoms. The van der Waals surface area contributed by atoms with Gasteiger partial charge >= 0.3 is 0 Å². The van der Waals surface area contributed by atoms with Gasteiger partial charge in [0, 0.05) is 31.7 Å². The zero-order valence-electron chi connectivity index (χ0n) is 17.5. The number of amides is 1. The van der Waals surface area contributed by atoms with Crippen LogP contribution in [0, 0.1) is 5.92 Å². The summed E-state index contributed by atoms with van der Waals surface area (Å²) in [5, 5.41) is 4.20. The van der Waals surface area contributed by atoms with Gasteiger partial charge in [-0.15, -0.1) is 0 Å². The third-order valence-corrected chi connectivity index (χ3v) is 7.08. The van der Waals surface area contributed by atoms with E-state index in [4.69, 9.17) is 0 Å².